The van der Waals surface area contributed by atoms with E-state index in [2.05, 4.69) is 4.99 Å². The second-order valence-electron chi connectivity index (χ2n) is 4.95. The van der Waals surface area contributed by atoms with Crippen molar-refractivity contribution >= 4 is 11.9 Å². The van der Waals surface area contributed by atoms with Gasteiger partial charge in [0, 0.05) is 34.6 Å². The first-order chi connectivity index (χ1) is 9.45. The Morgan fingerprint density at radius 2 is 1.70 bits per heavy atom. The number of carbonyl (C=O) groups excluding carboxylic acids is 1. The van der Waals surface area contributed by atoms with Gasteiger partial charge in [-0.2, -0.15) is 0 Å². The lowest BCUT2D eigenvalue weighted by Crippen LogP contribution is -2.38. The van der Waals surface area contributed by atoms with Crippen LogP contribution in [0.3, 0.4) is 0 Å². The number of hydrogen-bond donors (Lipinski definition) is 0. The van der Waals surface area contributed by atoms with Crippen molar-refractivity contribution in [3.63, 3.8) is 0 Å². The van der Waals surface area contributed by atoms with Gasteiger partial charge >= 0.3 is 5.97 Å². The van der Waals surface area contributed by atoms with Crippen molar-refractivity contribution < 1.29 is 9.53 Å². The van der Waals surface area contributed by atoms with E-state index in [0.717, 1.165) is 11.5 Å². The minimum Gasteiger partial charge on any atom is -0.467 e. The van der Waals surface area contributed by atoms with E-state index in [1.54, 1.807) is 0 Å². The molecular weight excluding hydrogens is 254 g/mol. The summed E-state index contributed by atoms with van der Waals surface area (Å²) in [5.74, 6) is 0.409. The maximum Gasteiger partial charge on any atom is 0.331 e. The number of guanidine groups is 1. The summed E-state index contributed by atoms with van der Waals surface area (Å²) >= 11 is 0. The Labute approximate surface area is 120 Å². The third-order valence-electron chi connectivity index (χ3n) is 2.82. The molecule has 0 saturated carbocycles. The Bertz CT molecular complexity index is 445. The Kier molecular flexibility index (Phi) is 6.03. The molecule has 0 saturated heterocycles. The fourth-order valence-electron chi connectivity index (χ4n) is 1.93. The molecule has 0 N–H and O–H groups in total. The molecule has 0 fully saturated rings. The van der Waals surface area contributed by atoms with Crippen LogP contribution in [0.1, 0.15) is 5.56 Å². The van der Waals surface area contributed by atoms with Crippen molar-refractivity contribution in [1.29, 1.82) is 0 Å². The molecule has 5 nitrogen and oxygen atoms in total. The third-order valence-corrected chi connectivity index (χ3v) is 2.82. The van der Waals surface area contributed by atoms with Gasteiger partial charge < -0.3 is 14.5 Å². The number of rotatable bonds is 4. The van der Waals surface area contributed by atoms with Crippen molar-refractivity contribution in [2.75, 3.05) is 35.3 Å². The molecule has 0 aromatic heterocycles. The van der Waals surface area contributed by atoms with Crippen LogP contribution >= 0.6 is 0 Å². The largest absolute Gasteiger partial charge is 0.467 e. The second-order valence-corrected chi connectivity index (χ2v) is 4.95. The molecule has 0 amide bonds. The number of benzene rings is 1. The van der Waals surface area contributed by atoms with E-state index in [9.17, 15) is 4.79 Å². The molecule has 1 aromatic rings. The number of ether oxygens (including phenoxy) is 1. The minimum atomic E-state index is -0.540. The number of esters is 1. The highest BCUT2D eigenvalue weighted by Crippen LogP contribution is 2.09. The fourth-order valence-corrected chi connectivity index (χ4v) is 1.93. The molecular formula is C15H23N3O2. The first-order valence-corrected chi connectivity index (χ1v) is 6.50. The van der Waals surface area contributed by atoms with Gasteiger partial charge in [0.05, 0.1) is 7.11 Å². The number of methoxy groups -OCH3 is 1. The molecule has 0 unspecified atom stereocenters. The Balaban J connectivity index is 3.00. The third kappa shape index (κ3) is 4.57. The molecule has 5 heteroatoms. The van der Waals surface area contributed by atoms with Gasteiger partial charge in [-0.1, -0.05) is 30.3 Å². The molecule has 0 aliphatic heterocycles. The predicted molar refractivity (Wildman–Crippen MR) is 80.8 cm³/mol. The zero-order valence-corrected chi connectivity index (χ0v) is 12.8. The first-order valence-electron chi connectivity index (χ1n) is 6.50. The molecule has 1 rings (SSSR count). The van der Waals surface area contributed by atoms with Crippen LogP contribution in [0.15, 0.2) is 35.3 Å². The van der Waals surface area contributed by atoms with Crippen LogP contribution in [-0.2, 0) is 16.0 Å². The van der Waals surface area contributed by atoms with E-state index in [4.69, 9.17) is 4.74 Å². The standard InChI is InChI=1S/C15H23N3O2/c1-17(2)15(18(3)4)16-13(14(19)20-5)11-12-9-7-6-8-10-12/h6-10,13H,11H2,1-5H3/t13-/m0/s1. The van der Waals surface area contributed by atoms with Gasteiger partial charge in [-0.05, 0) is 5.56 Å². The minimum absolute atomic E-state index is 0.324. The van der Waals surface area contributed by atoms with Crippen LogP contribution in [0.4, 0.5) is 0 Å². The van der Waals surface area contributed by atoms with Crippen LogP contribution in [-0.4, -0.2) is 63.1 Å². The lowest BCUT2D eigenvalue weighted by atomic mass is 10.1. The quantitative estimate of drug-likeness (QED) is 0.472. The van der Waals surface area contributed by atoms with Crippen molar-refractivity contribution in [2.24, 2.45) is 4.99 Å². The number of hydrogen-bond acceptors (Lipinski definition) is 3. The zero-order valence-electron chi connectivity index (χ0n) is 12.8. The number of carbonyl (C=O) groups is 1. The van der Waals surface area contributed by atoms with E-state index in [1.807, 2.05) is 68.3 Å². The molecule has 20 heavy (non-hydrogen) atoms. The van der Waals surface area contributed by atoms with E-state index in [-0.39, 0.29) is 5.97 Å². The summed E-state index contributed by atoms with van der Waals surface area (Å²) < 4.78 is 4.86. The van der Waals surface area contributed by atoms with Crippen LogP contribution < -0.4 is 0 Å². The summed E-state index contributed by atoms with van der Waals surface area (Å²) in [7, 11) is 8.98. The van der Waals surface area contributed by atoms with E-state index < -0.39 is 6.04 Å². The Morgan fingerprint density at radius 3 is 2.15 bits per heavy atom. The van der Waals surface area contributed by atoms with Gasteiger partial charge in [-0.3, -0.25) is 0 Å². The highest BCUT2D eigenvalue weighted by molar-refractivity contribution is 5.84. The Hall–Kier alpha value is -2.04. The number of aliphatic imine (C=N–C) groups is 1. The summed E-state index contributed by atoms with van der Waals surface area (Å²) in [5, 5.41) is 0. The van der Waals surface area contributed by atoms with Crippen LogP contribution in [0.2, 0.25) is 0 Å². The average Bonchev–Trinajstić information content (AvgIpc) is 2.42. The normalized spacial score (nSPS) is 11.4. The fraction of sp³-hybridized carbons (Fsp3) is 0.467. The van der Waals surface area contributed by atoms with E-state index >= 15 is 0 Å². The van der Waals surface area contributed by atoms with Gasteiger partial charge in [0.25, 0.3) is 0 Å². The van der Waals surface area contributed by atoms with Crippen molar-refractivity contribution in [3.8, 4) is 0 Å². The monoisotopic (exact) mass is 277 g/mol. The predicted octanol–water partition coefficient (Wildman–Crippen LogP) is 1.25. The van der Waals surface area contributed by atoms with Crippen LogP contribution in [0, 0.1) is 0 Å². The first kappa shape index (κ1) is 16.0. The molecule has 0 bridgehead atoms. The van der Waals surface area contributed by atoms with Gasteiger partial charge in [-0.25, -0.2) is 9.79 Å². The van der Waals surface area contributed by atoms with Crippen LogP contribution in [0.5, 0.6) is 0 Å². The van der Waals surface area contributed by atoms with Crippen molar-refractivity contribution in [3.05, 3.63) is 35.9 Å². The maximum atomic E-state index is 11.9. The highest BCUT2D eigenvalue weighted by atomic mass is 16.5. The molecule has 0 spiro atoms. The molecule has 0 heterocycles. The average molecular weight is 277 g/mol. The van der Waals surface area contributed by atoms with Crippen LogP contribution in [0.25, 0.3) is 0 Å². The molecule has 0 aliphatic rings. The smallest absolute Gasteiger partial charge is 0.331 e. The summed E-state index contributed by atoms with van der Waals surface area (Å²) in [6.07, 6.45) is 0.526. The lowest BCUT2D eigenvalue weighted by molar-refractivity contribution is -0.142. The number of nitrogens with zero attached hydrogens (tertiary/aromatic N) is 3. The second kappa shape index (κ2) is 7.53. The Morgan fingerprint density at radius 1 is 1.15 bits per heavy atom. The van der Waals surface area contributed by atoms with Gasteiger partial charge in [0.15, 0.2) is 12.0 Å². The van der Waals surface area contributed by atoms with Gasteiger partial charge in [-0.15, -0.1) is 0 Å². The SMILES string of the molecule is COC(=O)[C@H](Cc1ccccc1)N=C(N(C)C)N(C)C. The van der Waals surface area contributed by atoms with E-state index in [0.29, 0.717) is 6.42 Å². The summed E-state index contributed by atoms with van der Waals surface area (Å²) in [6.45, 7) is 0. The lowest BCUT2D eigenvalue weighted by Gasteiger charge is -2.24. The van der Waals surface area contributed by atoms with Gasteiger partial charge in [0.2, 0.25) is 0 Å². The summed E-state index contributed by atoms with van der Waals surface area (Å²) in [4.78, 5) is 20.2. The molecule has 0 aliphatic carbocycles. The molecule has 1 atom stereocenters. The molecule has 1 aromatic carbocycles. The topological polar surface area (TPSA) is 45.1 Å². The summed E-state index contributed by atoms with van der Waals surface area (Å²) in [5.41, 5.74) is 1.06. The molecule has 110 valence electrons. The maximum absolute atomic E-state index is 11.9. The van der Waals surface area contributed by atoms with Crippen molar-refractivity contribution in [1.82, 2.24) is 9.80 Å². The highest BCUT2D eigenvalue weighted by Gasteiger charge is 2.21. The zero-order chi connectivity index (χ0) is 15.1. The van der Waals surface area contributed by atoms with E-state index in [1.165, 1.54) is 7.11 Å². The van der Waals surface area contributed by atoms with Crippen molar-refractivity contribution in [2.45, 2.75) is 12.5 Å². The molecule has 0 radical (unpaired) electrons. The summed E-state index contributed by atoms with van der Waals surface area (Å²) in [6, 6.07) is 9.28. The van der Waals surface area contributed by atoms with Gasteiger partial charge in [0.1, 0.15) is 0 Å².